The predicted molar refractivity (Wildman–Crippen MR) is 122 cm³/mol. The monoisotopic (exact) mass is 446 g/mol. The molecule has 3 aromatic rings. The number of aromatic hydroxyl groups is 1. The van der Waals surface area contributed by atoms with E-state index in [0.717, 1.165) is 11.1 Å². The minimum atomic E-state index is -1.08. The molecule has 0 aliphatic carbocycles. The highest BCUT2D eigenvalue weighted by molar-refractivity contribution is 5.96. The first kappa shape index (κ1) is 21.4. The second-order valence-corrected chi connectivity index (χ2v) is 8.88. The molecule has 1 saturated heterocycles. The standard InChI is InChI=1S/C26H26N2O5/c1-15(2)27-14-19(20(16-9-5-3-6-10-16)17-11-7-4-8-12-17)28-13-18(24-26(32)33-24)22(29)23(30)21(28)25(27)31/h3-13,15,19-20,24,26,30,32H,14H2,1-2H3/t19-,24?,26+/m1/s1. The van der Waals surface area contributed by atoms with Crippen LogP contribution in [0.5, 0.6) is 5.75 Å². The number of carbonyl (C=O) groups excluding carboxylic acids is 1. The van der Waals surface area contributed by atoms with E-state index in [2.05, 4.69) is 0 Å². The summed E-state index contributed by atoms with van der Waals surface area (Å²) >= 11 is 0. The molecule has 33 heavy (non-hydrogen) atoms. The Kier molecular flexibility index (Phi) is 5.31. The number of aliphatic hydroxyl groups is 1. The van der Waals surface area contributed by atoms with Gasteiger partial charge in [0.2, 0.25) is 5.43 Å². The zero-order valence-electron chi connectivity index (χ0n) is 18.5. The van der Waals surface area contributed by atoms with E-state index >= 15 is 0 Å². The molecule has 3 atom stereocenters. The lowest BCUT2D eigenvalue weighted by atomic mass is 9.83. The number of rotatable bonds is 5. The van der Waals surface area contributed by atoms with Gasteiger partial charge in [-0.1, -0.05) is 60.7 Å². The second-order valence-electron chi connectivity index (χ2n) is 8.88. The van der Waals surface area contributed by atoms with Gasteiger partial charge >= 0.3 is 0 Å². The number of pyridine rings is 1. The van der Waals surface area contributed by atoms with Gasteiger partial charge in [0, 0.05) is 24.7 Å². The van der Waals surface area contributed by atoms with E-state index in [0.29, 0.717) is 6.54 Å². The summed E-state index contributed by atoms with van der Waals surface area (Å²) in [6, 6.07) is 19.6. The van der Waals surface area contributed by atoms with E-state index in [1.807, 2.05) is 74.5 Å². The third kappa shape index (κ3) is 3.63. The first-order chi connectivity index (χ1) is 15.9. The molecular formula is C26H26N2O5. The van der Waals surface area contributed by atoms with Crippen LogP contribution in [0.25, 0.3) is 0 Å². The van der Waals surface area contributed by atoms with Gasteiger partial charge in [0.05, 0.1) is 11.6 Å². The van der Waals surface area contributed by atoms with Gasteiger partial charge in [-0.3, -0.25) is 9.59 Å². The number of aromatic nitrogens is 1. The van der Waals surface area contributed by atoms with E-state index < -0.39 is 23.6 Å². The van der Waals surface area contributed by atoms with Gasteiger partial charge in [0.1, 0.15) is 6.10 Å². The molecule has 2 aliphatic rings. The summed E-state index contributed by atoms with van der Waals surface area (Å²) in [5.41, 5.74) is 1.55. The molecule has 2 aromatic carbocycles. The Morgan fingerprint density at radius 1 is 0.970 bits per heavy atom. The fraction of sp³-hybridized carbons (Fsp3) is 0.308. The molecule has 7 nitrogen and oxygen atoms in total. The molecule has 2 N–H and O–H groups in total. The lowest BCUT2D eigenvalue weighted by Gasteiger charge is -2.42. The Labute approximate surface area is 191 Å². The highest BCUT2D eigenvalue weighted by Crippen LogP contribution is 2.42. The molecule has 3 heterocycles. The number of carbonyl (C=O) groups is 1. The summed E-state index contributed by atoms with van der Waals surface area (Å²) in [5.74, 6) is -1.14. The molecule has 1 aromatic heterocycles. The van der Waals surface area contributed by atoms with Gasteiger partial charge in [0.15, 0.2) is 17.7 Å². The predicted octanol–water partition coefficient (Wildman–Crippen LogP) is 3.18. The molecular weight excluding hydrogens is 420 g/mol. The van der Waals surface area contributed by atoms with Crippen LogP contribution in [0.3, 0.4) is 0 Å². The average Bonchev–Trinajstić information content (AvgIpc) is 3.54. The second kappa shape index (κ2) is 8.17. The van der Waals surface area contributed by atoms with E-state index in [1.54, 1.807) is 15.7 Å². The summed E-state index contributed by atoms with van der Waals surface area (Å²) in [5, 5.41) is 20.6. The Morgan fingerprint density at radius 2 is 1.52 bits per heavy atom. The van der Waals surface area contributed by atoms with Gasteiger partial charge in [-0.15, -0.1) is 0 Å². The van der Waals surface area contributed by atoms with Gasteiger partial charge in [-0.2, -0.15) is 0 Å². The van der Waals surface area contributed by atoms with E-state index in [-0.39, 0.29) is 35.2 Å². The largest absolute Gasteiger partial charge is 0.503 e. The molecule has 2 aliphatic heterocycles. The highest BCUT2D eigenvalue weighted by Gasteiger charge is 2.45. The number of ether oxygens (including phenoxy) is 1. The first-order valence-corrected chi connectivity index (χ1v) is 11.1. The Morgan fingerprint density at radius 3 is 2.00 bits per heavy atom. The van der Waals surface area contributed by atoms with Crippen LogP contribution >= 0.6 is 0 Å². The zero-order valence-corrected chi connectivity index (χ0v) is 18.5. The van der Waals surface area contributed by atoms with Crippen LogP contribution in [-0.2, 0) is 4.74 Å². The molecule has 1 unspecified atom stereocenters. The Bertz CT molecular complexity index is 1200. The maximum Gasteiger partial charge on any atom is 0.274 e. The maximum atomic E-state index is 13.4. The van der Waals surface area contributed by atoms with E-state index in [9.17, 15) is 19.8 Å². The quantitative estimate of drug-likeness (QED) is 0.587. The summed E-state index contributed by atoms with van der Waals surface area (Å²) in [4.78, 5) is 27.9. The van der Waals surface area contributed by atoms with Crippen molar-refractivity contribution in [2.24, 2.45) is 0 Å². The molecule has 0 radical (unpaired) electrons. The Balaban J connectivity index is 1.76. The lowest BCUT2D eigenvalue weighted by molar-refractivity contribution is 0.0587. The number of fused-ring (bicyclic) bond motifs is 1. The molecule has 1 fully saturated rings. The number of benzene rings is 2. The smallest absolute Gasteiger partial charge is 0.274 e. The van der Waals surface area contributed by atoms with Crippen LogP contribution in [-0.4, -0.2) is 44.5 Å². The van der Waals surface area contributed by atoms with Crippen molar-refractivity contribution >= 4 is 5.91 Å². The van der Waals surface area contributed by atoms with Crippen molar-refractivity contribution in [1.82, 2.24) is 9.47 Å². The number of nitrogens with zero attached hydrogens (tertiary/aromatic N) is 2. The van der Waals surface area contributed by atoms with Crippen molar-refractivity contribution in [2.45, 2.75) is 44.2 Å². The van der Waals surface area contributed by atoms with E-state index in [4.69, 9.17) is 4.74 Å². The van der Waals surface area contributed by atoms with Crippen LogP contribution in [0.2, 0.25) is 0 Å². The minimum absolute atomic E-state index is 0.0271. The summed E-state index contributed by atoms with van der Waals surface area (Å²) in [6.45, 7) is 4.24. The fourth-order valence-corrected chi connectivity index (χ4v) is 4.82. The van der Waals surface area contributed by atoms with Crippen LogP contribution in [0, 0.1) is 0 Å². The number of hydrogen-bond donors (Lipinski definition) is 2. The number of hydrogen-bond acceptors (Lipinski definition) is 5. The molecule has 0 bridgehead atoms. The molecule has 5 rings (SSSR count). The molecule has 7 heteroatoms. The van der Waals surface area contributed by atoms with E-state index in [1.165, 1.54) is 0 Å². The topological polar surface area (TPSA) is 95.3 Å². The third-order valence-electron chi connectivity index (χ3n) is 6.54. The summed E-state index contributed by atoms with van der Waals surface area (Å²) in [7, 11) is 0. The Hall–Kier alpha value is -3.42. The van der Waals surface area contributed by atoms with Gasteiger partial charge in [-0.05, 0) is 25.0 Å². The zero-order chi connectivity index (χ0) is 23.3. The average molecular weight is 447 g/mol. The summed E-state index contributed by atoms with van der Waals surface area (Å²) < 4.78 is 6.83. The van der Waals surface area contributed by atoms with Crippen LogP contribution in [0.1, 0.15) is 59.1 Å². The lowest BCUT2D eigenvalue weighted by Crippen LogP contribution is -2.49. The normalized spacial score (nSPS) is 22.0. The van der Waals surface area contributed by atoms with Crippen molar-refractivity contribution in [2.75, 3.05) is 6.54 Å². The fourth-order valence-electron chi connectivity index (χ4n) is 4.82. The number of aliphatic hydroxyl groups excluding tert-OH is 1. The van der Waals surface area contributed by atoms with Crippen LogP contribution in [0.15, 0.2) is 71.7 Å². The summed E-state index contributed by atoms with van der Waals surface area (Å²) in [6.07, 6.45) is -0.302. The van der Waals surface area contributed by atoms with Crippen molar-refractivity contribution < 1.29 is 19.7 Å². The molecule has 0 saturated carbocycles. The van der Waals surface area contributed by atoms with Crippen molar-refractivity contribution in [1.29, 1.82) is 0 Å². The molecule has 170 valence electrons. The SMILES string of the molecule is CC(C)N1C[C@H](C(c2ccccc2)c2ccccc2)n2cc(C3O[C@@H]3O)c(=O)c(O)c2C1=O. The number of amides is 1. The van der Waals surface area contributed by atoms with Crippen molar-refractivity contribution in [3.63, 3.8) is 0 Å². The number of epoxide rings is 1. The van der Waals surface area contributed by atoms with Crippen molar-refractivity contribution in [3.8, 4) is 5.75 Å². The van der Waals surface area contributed by atoms with Crippen LogP contribution < -0.4 is 5.43 Å². The molecule has 1 amide bonds. The maximum absolute atomic E-state index is 13.4. The van der Waals surface area contributed by atoms with Gasteiger partial charge < -0.3 is 24.4 Å². The third-order valence-corrected chi connectivity index (χ3v) is 6.54. The van der Waals surface area contributed by atoms with Gasteiger partial charge in [-0.25, -0.2) is 0 Å². The van der Waals surface area contributed by atoms with Gasteiger partial charge in [0.25, 0.3) is 5.91 Å². The van der Waals surface area contributed by atoms with Crippen LogP contribution in [0.4, 0.5) is 0 Å². The van der Waals surface area contributed by atoms with Crippen molar-refractivity contribution in [3.05, 3.63) is 99.5 Å². The minimum Gasteiger partial charge on any atom is -0.503 e. The molecule has 0 spiro atoms. The first-order valence-electron chi connectivity index (χ1n) is 11.1. The highest BCUT2D eigenvalue weighted by atomic mass is 16.7.